The van der Waals surface area contributed by atoms with Crippen LogP contribution in [0.4, 0.5) is 5.69 Å². The summed E-state index contributed by atoms with van der Waals surface area (Å²) >= 11 is 6.03. The lowest BCUT2D eigenvalue weighted by Crippen LogP contribution is -2.27. The highest BCUT2D eigenvalue weighted by Crippen LogP contribution is 2.34. The summed E-state index contributed by atoms with van der Waals surface area (Å²) < 4.78 is 27.6. The van der Waals surface area contributed by atoms with Crippen molar-refractivity contribution < 1.29 is 17.9 Å². The van der Waals surface area contributed by atoms with Crippen LogP contribution in [0.2, 0.25) is 5.02 Å². The largest absolute Gasteiger partial charge is 0.497 e. The van der Waals surface area contributed by atoms with E-state index < -0.39 is 14.3 Å². The number of methoxy groups -OCH3 is 1. The first-order valence-corrected chi connectivity index (χ1v) is 8.15. The van der Waals surface area contributed by atoms with Gasteiger partial charge in [0.15, 0.2) is 0 Å². The SMILES string of the molecule is COc1ccc(Cl)c(N2CC(S(=O)(=O)Cl)CC2=O)c1. The van der Waals surface area contributed by atoms with Crippen LogP contribution in [0.15, 0.2) is 18.2 Å². The minimum absolute atomic E-state index is 0.00243. The van der Waals surface area contributed by atoms with Gasteiger partial charge in [0.05, 0.1) is 17.8 Å². The molecule has 2 rings (SSSR count). The summed E-state index contributed by atoms with van der Waals surface area (Å²) in [5, 5.41) is -0.564. The van der Waals surface area contributed by atoms with Gasteiger partial charge in [-0.05, 0) is 12.1 Å². The maximum absolute atomic E-state index is 11.9. The van der Waals surface area contributed by atoms with Crippen LogP contribution >= 0.6 is 22.3 Å². The predicted octanol–water partition coefficient (Wildman–Crippen LogP) is 2.02. The van der Waals surface area contributed by atoms with Gasteiger partial charge in [0, 0.05) is 29.7 Å². The molecule has 1 saturated heterocycles. The van der Waals surface area contributed by atoms with Gasteiger partial charge in [0.25, 0.3) is 0 Å². The molecule has 8 heteroatoms. The van der Waals surface area contributed by atoms with Gasteiger partial charge in [-0.3, -0.25) is 4.79 Å². The van der Waals surface area contributed by atoms with Gasteiger partial charge in [0.1, 0.15) is 11.0 Å². The van der Waals surface area contributed by atoms with Gasteiger partial charge in [-0.15, -0.1) is 0 Å². The lowest BCUT2D eigenvalue weighted by molar-refractivity contribution is -0.117. The summed E-state index contributed by atoms with van der Waals surface area (Å²) in [4.78, 5) is 13.2. The topological polar surface area (TPSA) is 63.7 Å². The van der Waals surface area contributed by atoms with E-state index in [-0.39, 0.29) is 18.9 Å². The van der Waals surface area contributed by atoms with Crippen molar-refractivity contribution in [1.29, 1.82) is 0 Å². The van der Waals surface area contributed by atoms with Crippen LogP contribution in [-0.2, 0) is 13.8 Å². The number of carbonyl (C=O) groups excluding carboxylic acids is 1. The van der Waals surface area contributed by atoms with Crippen molar-refractivity contribution in [3.8, 4) is 5.75 Å². The normalized spacial score (nSPS) is 19.8. The summed E-state index contributed by atoms with van der Waals surface area (Å²) in [5.41, 5.74) is 0.425. The fraction of sp³-hybridized carbons (Fsp3) is 0.364. The van der Waals surface area contributed by atoms with Crippen LogP contribution < -0.4 is 9.64 Å². The van der Waals surface area contributed by atoms with Gasteiger partial charge in [0.2, 0.25) is 15.0 Å². The molecule has 1 aromatic rings. The second kappa shape index (κ2) is 5.19. The third-order valence-corrected chi connectivity index (χ3v) is 5.12. The van der Waals surface area contributed by atoms with Crippen LogP contribution in [0.1, 0.15) is 6.42 Å². The molecule has 1 aromatic carbocycles. The zero-order chi connectivity index (χ0) is 14.2. The van der Waals surface area contributed by atoms with Gasteiger partial charge >= 0.3 is 0 Å². The monoisotopic (exact) mass is 323 g/mol. The Morgan fingerprint density at radius 1 is 1.42 bits per heavy atom. The Morgan fingerprint density at radius 2 is 2.11 bits per heavy atom. The lowest BCUT2D eigenvalue weighted by Gasteiger charge is -2.18. The molecule has 1 heterocycles. The average molecular weight is 324 g/mol. The van der Waals surface area contributed by atoms with E-state index in [0.29, 0.717) is 16.5 Å². The molecule has 1 aliphatic heterocycles. The number of hydrogen-bond donors (Lipinski definition) is 0. The molecule has 1 atom stereocenters. The van der Waals surface area contributed by atoms with Crippen molar-refractivity contribution in [1.82, 2.24) is 0 Å². The third-order valence-electron chi connectivity index (χ3n) is 2.93. The Balaban J connectivity index is 2.35. The van der Waals surface area contributed by atoms with E-state index in [9.17, 15) is 13.2 Å². The number of amides is 1. The molecule has 0 radical (unpaired) electrons. The molecule has 1 fully saturated rings. The number of anilines is 1. The van der Waals surface area contributed by atoms with Gasteiger partial charge < -0.3 is 9.64 Å². The average Bonchev–Trinajstić information content (AvgIpc) is 2.72. The van der Waals surface area contributed by atoms with Crippen LogP contribution in [0.25, 0.3) is 0 Å². The van der Waals surface area contributed by atoms with E-state index in [1.807, 2.05) is 0 Å². The summed E-state index contributed by atoms with van der Waals surface area (Å²) in [7, 11) is 3.01. The summed E-state index contributed by atoms with van der Waals surface area (Å²) in [6, 6.07) is 4.83. The Kier molecular flexibility index (Phi) is 3.94. The highest BCUT2D eigenvalue weighted by molar-refractivity contribution is 8.14. The van der Waals surface area contributed by atoms with E-state index >= 15 is 0 Å². The zero-order valence-electron chi connectivity index (χ0n) is 9.97. The third kappa shape index (κ3) is 2.96. The van der Waals surface area contributed by atoms with E-state index in [1.54, 1.807) is 18.2 Å². The quantitative estimate of drug-likeness (QED) is 0.798. The number of benzene rings is 1. The molecule has 0 aliphatic carbocycles. The predicted molar refractivity (Wildman–Crippen MR) is 73.5 cm³/mol. The molecule has 1 unspecified atom stereocenters. The molecular weight excluding hydrogens is 313 g/mol. The fourth-order valence-electron chi connectivity index (χ4n) is 1.92. The van der Waals surface area contributed by atoms with Crippen molar-refractivity contribution in [3.05, 3.63) is 23.2 Å². The molecular formula is C11H11Cl2NO4S. The highest BCUT2D eigenvalue weighted by Gasteiger charge is 2.38. The molecule has 5 nitrogen and oxygen atoms in total. The number of hydrogen-bond acceptors (Lipinski definition) is 4. The first-order chi connectivity index (χ1) is 8.82. The summed E-state index contributed by atoms with van der Waals surface area (Å²) in [5.74, 6) is 0.203. The highest BCUT2D eigenvalue weighted by atomic mass is 35.7. The standard InChI is InChI=1S/C11H11Cl2NO4S/c1-18-7-2-3-9(12)10(4-7)14-6-8(5-11(14)15)19(13,16)17/h2-4,8H,5-6H2,1H3. The number of rotatable bonds is 3. The fourth-order valence-corrected chi connectivity index (χ4v) is 3.17. The minimum Gasteiger partial charge on any atom is -0.497 e. The number of carbonyl (C=O) groups is 1. The van der Waals surface area contributed by atoms with E-state index in [2.05, 4.69) is 0 Å². The molecule has 0 N–H and O–H groups in total. The molecule has 0 saturated carbocycles. The molecule has 1 aliphatic rings. The second-order valence-corrected chi connectivity index (χ2v) is 7.44. The van der Waals surface area contributed by atoms with Crippen molar-refractivity contribution in [2.24, 2.45) is 0 Å². The Labute approximate surface area is 120 Å². The van der Waals surface area contributed by atoms with Crippen LogP contribution in [0, 0.1) is 0 Å². The van der Waals surface area contributed by atoms with E-state index in [4.69, 9.17) is 27.0 Å². The first-order valence-electron chi connectivity index (χ1n) is 5.40. The van der Waals surface area contributed by atoms with Gasteiger partial charge in [-0.1, -0.05) is 11.6 Å². The van der Waals surface area contributed by atoms with Crippen LogP contribution in [-0.4, -0.2) is 33.2 Å². The zero-order valence-corrected chi connectivity index (χ0v) is 12.3. The molecule has 104 valence electrons. The molecule has 0 bridgehead atoms. The smallest absolute Gasteiger partial charge is 0.237 e. The molecule has 19 heavy (non-hydrogen) atoms. The molecule has 0 spiro atoms. The van der Waals surface area contributed by atoms with Crippen LogP contribution in [0.5, 0.6) is 5.75 Å². The Hall–Kier alpha value is -0.980. The van der Waals surface area contributed by atoms with Crippen molar-refractivity contribution >= 4 is 42.9 Å². The van der Waals surface area contributed by atoms with Crippen LogP contribution in [0.3, 0.4) is 0 Å². The Bertz CT molecular complexity index is 617. The second-order valence-electron chi connectivity index (χ2n) is 4.12. The Morgan fingerprint density at radius 3 is 2.63 bits per heavy atom. The van der Waals surface area contributed by atoms with Crippen molar-refractivity contribution in [3.63, 3.8) is 0 Å². The molecule has 0 aromatic heterocycles. The number of ether oxygens (including phenoxy) is 1. The van der Waals surface area contributed by atoms with Gasteiger partial charge in [-0.25, -0.2) is 8.42 Å². The summed E-state index contributed by atoms with van der Waals surface area (Å²) in [6.45, 7) is -0.00243. The summed E-state index contributed by atoms with van der Waals surface area (Å²) in [6.07, 6.45) is -0.140. The van der Waals surface area contributed by atoms with Crippen molar-refractivity contribution in [2.75, 3.05) is 18.6 Å². The lowest BCUT2D eigenvalue weighted by atomic mass is 10.2. The maximum atomic E-state index is 11.9. The number of halogens is 2. The van der Waals surface area contributed by atoms with E-state index in [0.717, 1.165) is 0 Å². The number of nitrogens with zero attached hydrogens (tertiary/aromatic N) is 1. The first kappa shape index (κ1) is 14.4. The molecule has 1 amide bonds. The van der Waals surface area contributed by atoms with E-state index in [1.165, 1.54) is 12.0 Å². The van der Waals surface area contributed by atoms with Crippen molar-refractivity contribution in [2.45, 2.75) is 11.7 Å². The van der Waals surface area contributed by atoms with Gasteiger partial charge in [-0.2, -0.15) is 0 Å². The maximum Gasteiger partial charge on any atom is 0.237 e. The minimum atomic E-state index is -3.77.